The first-order chi connectivity index (χ1) is 12.4. The van der Waals surface area contributed by atoms with Crippen LogP contribution in [0.5, 0.6) is 0 Å². The lowest BCUT2D eigenvalue weighted by Crippen LogP contribution is -2.47. The van der Waals surface area contributed by atoms with Crippen molar-refractivity contribution in [3.05, 3.63) is 63.6 Å². The molecule has 136 valence electrons. The molecular formula is C19H19Cl2N3O2. The molecule has 0 aliphatic carbocycles. The average molecular weight is 392 g/mol. The molecule has 2 aromatic carbocycles. The van der Waals surface area contributed by atoms with Crippen LogP contribution in [0.15, 0.2) is 42.5 Å². The fraction of sp³-hybridized carbons (Fsp3) is 0.263. The largest absolute Gasteiger partial charge is 0.336 e. The molecule has 1 fully saturated rings. The molecule has 0 bridgehead atoms. The van der Waals surface area contributed by atoms with Crippen molar-refractivity contribution >= 4 is 40.7 Å². The highest BCUT2D eigenvalue weighted by Gasteiger charge is 2.20. The van der Waals surface area contributed by atoms with Gasteiger partial charge in [0.1, 0.15) is 0 Å². The van der Waals surface area contributed by atoms with E-state index in [0.717, 1.165) is 13.1 Å². The van der Waals surface area contributed by atoms with Crippen LogP contribution in [-0.4, -0.2) is 54.8 Å². The first-order valence-electron chi connectivity index (χ1n) is 8.28. The van der Waals surface area contributed by atoms with Crippen molar-refractivity contribution in [2.75, 3.05) is 38.5 Å². The Morgan fingerprint density at radius 3 is 2.19 bits per heavy atom. The van der Waals surface area contributed by atoms with Gasteiger partial charge in [-0.15, -0.1) is 0 Å². The van der Waals surface area contributed by atoms with Gasteiger partial charge in [0.15, 0.2) is 0 Å². The SMILES string of the molecule is CN1CCN(C(=O)c2ccc(C(=O)Nc3cc(Cl)ccc3Cl)cc2)CC1. The molecule has 1 N–H and O–H groups in total. The predicted molar refractivity (Wildman–Crippen MR) is 104 cm³/mol. The molecule has 0 spiro atoms. The molecule has 0 aromatic heterocycles. The first kappa shape index (κ1) is 18.7. The van der Waals surface area contributed by atoms with Gasteiger partial charge in [0.2, 0.25) is 0 Å². The first-order valence-corrected chi connectivity index (χ1v) is 9.04. The maximum Gasteiger partial charge on any atom is 0.255 e. The van der Waals surface area contributed by atoms with E-state index >= 15 is 0 Å². The minimum atomic E-state index is -0.312. The minimum Gasteiger partial charge on any atom is -0.336 e. The Kier molecular flexibility index (Phi) is 5.81. The van der Waals surface area contributed by atoms with E-state index in [-0.39, 0.29) is 11.8 Å². The molecule has 3 rings (SSSR count). The number of hydrogen-bond donors (Lipinski definition) is 1. The predicted octanol–water partition coefficient (Wildman–Crippen LogP) is 3.63. The van der Waals surface area contributed by atoms with Crippen LogP contribution in [0.4, 0.5) is 5.69 Å². The summed E-state index contributed by atoms with van der Waals surface area (Å²) in [7, 11) is 2.04. The van der Waals surface area contributed by atoms with Crippen LogP contribution < -0.4 is 5.32 Å². The Morgan fingerprint density at radius 1 is 0.923 bits per heavy atom. The van der Waals surface area contributed by atoms with Gasteiger partial charge in [-0.1, -0.05) is 23.2 Å². The van der Waals surface area contributed by atoms with E-state index in [2.05, 4.69) is 10.2 Å². The molecule has 2 aromatic rings. The minimum absolute atomic E-state index is 0.0112. The van der Waals surface area contributed by atoms with Gasteiger partial charge in [-0.2, -0.15) is 0 Å². The lowest BCUT2D eigenvalue weighted by atomic mass is 10.1. The molecule has 7 heteroatoms. The Morgan fingerprint density at radius 2 is 1.54 bits per heavy atom. The summed E-state index contributed by atoms with van der Waals surface area (Å²) in [5.74, 6) is -0.323. The summed E-state index contributed by atoms with van der Waals surface area (Å²) in [5.41, 5.74) is 1.46. The van der Waals surface area contributed by atoms with Crippen LogP contribution in [0.2, 0.25) is 10.0 Å². The lowest BCUT2D eigenvalue weighted by Gasteiger charge is -2.32. The van der Waals surface area contributed by atoms with E-state index in [0.29, 0.717) is 39.9 Å². The number of halogens is 2. The third kappa shape index (κ3) is 4.36. The number of anilines is 1. The fourth-order valence-electron chi connectivity index (χ4n) is 2.74. The van der Waals surface area contributed by atoms with Gasteiger partial charge >= 0.3 is 0 Å². The molecule has 1 heterocycles. The summed E-state index contributed by atoms with van der Waals surface area (Å²) in [4.78, 5) is 28.9. The molecule has 0 saturated carbocycles. The Balaban J connectivity index is 1.68. The maximum absolute atomic E-state index is 12.5. The molecular weight excluding hydrogens is 373 g/mol. The van der Waals surface area contributed by atoms with Gasteiger partial charge in [-0.3, -0.25) is 9.59 Å². The summed E-state index contributed by atoms with van der Waals surface area (Å²) in [6.07, 6.45) is 0. The molecule has 2 amide bonds. The number of rotatable bonds is 3. The molecule has 1 aliphatic heterocycles. The Labute approximate surface area is 162 Å². The van der Waals surface area contributed by atoms with E-state index in [1.54, 1.807) is 42.5 Å². The third-order valence-electron chi connectivity index (χ3n) is 4.36. The van der Waals surface area contributed by atoms with Crippen molar-refractivity contribution in [3.8, 4) is 0 Å². The van der Waals surface area contributed by atoms with Gasteiger partial charge in [0, 0.05) is 42.3 Å². The van der Waals surface area contributed by atoms with Gasteiger partial charge < -0.3 is 15.1 Å². The number of piperazine rings is 1. The Bertz CT molecular complexity index is 816. The molecule has 1 saturated heterocycles. The average Bonchev–Trinajstić information content (AvgIpc) is 2.65. The van der Waals surface area contributed by atoms with Crippen LogP contribution in [0.3, 0.4) is 0 Å². The van der Waals surface area contributed by atoms with E-state index < -0.39 is 0 Å². The molecule has 0 unspecified atom stereocenters. The molecule has 1 aliphatic rings. The topological polar surface area (TPSA) is 52.7 Å². The van der Waals surface area contributed by atoms with Crippen molar-refractivity contribution in [1.82, 2.24) is 9.80 Å². The zero-order valence-corrected chi connectivity index (χ0v) is 15.8. The number of amides is 2. The van der Waals surface area contributed by atoms with E-state index in [4.69, 9.17) is 23.2 Å². The van der Waals surface area contributed by atoms with E-state index in [1.165, 1.54) is 0 Å². The van der Waals surface area contributed by atoms with Crippen LogP contribution >= 0.6 is 23.2 Å². The van der Waals surface area contributed by atoms with Gasteiger partial charge in [-0.05, 0) is 49.5 Å². The normalized spacial score (nSPS) is 15.0. The highest BCUT2D eigenvalue weighted by Crippen LogP contribution is 2.26. The van der Waals surface area contributed by atoms with Crippen molar-refractivity contribution in [2.24, 2.45) is 0 Å². The molecule has 5 nitrogen and oxygen atoms in total. The number of likely N-dealkylation sites (N-methyl/N-ethyl adjacent to an activating group) is 1. The highest BCUT2D eigenvalue weighted by molar-refractivity contribution is 6.35. The van der Waals surface area contributed by atoms with Crippen molar-refractivity contribution in [1.29, 1.82) is 0 Å². The molecule has 0 atom stereocenters. The zero-order valence-electron chi connectivity index (χ0n) is 14.3. The van der Waals surface area contributed by atoms with Gasteiger partial charge in [-0.25, -0.2) is 0 Å². The van der Waals surface area contributed by atoms with Crippen LogP contribution in [0.1, 0.15) is 20.7 Å². The summed E-state index contributed by atoms with van der Waals surface area (Å²) in [6.45, 7) is 3.16. The monoisotopic (exact) mass is 391 g/mol. The number of nitrogens with zero attached hydrogens (tertiary/aromatic N) is 2. The van der Waals surface area contributed by atoms with Crippen molar-refractivity contribution in [2.45, 2.75) is 0 Å². The third-order valence-corrected chi connectivity index (χ3v) is 4.93. The second kappa shape index (κ2) is 8.08. The number of nitrogens with one attached hydrogen (secondary N) is 1. The smallest absolute Gasteiger partial charge is 0.255 e. The summed E-state index contributed by atoms with van der Waals surface area (Å²) < 4.78 is 0. The van der Waals surface area contributed by atoms with E-state index in [9.17, 15) is 9.59 Å². The van der Waals surface area contributed by atoms with Crippen LogP contribution in [0.25, 0.3) is 0 Å². The fourth-order valence-corrected chi connectivity index (χ4v) is 3.08. The van der Waals surface area contributed by atoms with E-state index in [1.807, 2.05) is 11.9 Å². The van der Waals surface area contributed by atoms with Gasteiger partial charge in [0.25, 0.3) is 11.8 Å². The highest BCUT2D eigenvalue weighted by atomic mass is 35.5. The maximum atomic E-state index is 12.5. The van der Waals surface area contributed by atoms with Gasteiger partial charge in [0.05, 0.1) is 10.7 Å². The number of carbonyl (C=O) groups is 2. The second-order valence-electron chi connectivity index (χ2n) is 6.25. The quantitative estimate of drug-likeness (QED) is 0.868. The standard InChI is InChI=1S/C19H19Cl2N3O2/c1-23-8-10-24(11-9-23)19(26)14-4-2-13(3-5-14)18(25)22-17-12-15(20)6-7-16(17)21/h2-7,12H,8-11H2,1H3,(H,22,25). The summed E-state index contributed by atoms with van der Waals surface area (Å²) >= 11 is 12.0. The number of benzene rings is 2. The number of carbonyl (C=O) groups excluding carboxylic acids is 2. The second-order valence-corrected chi connectivity index (χ2v) is 7.09. The number of hydrogen-bond acceptors (Lipinski definition) is 3. The molecule has 0 radical (unpaired) electrons. The summed E-state index contributed by atoms with van der Waals surface area (Å²) in [5, 5.41) is 3.62. The Hall–Kier alpha value is -2.08. The van der Waals surface area contributed by atoms with Crippen LogP contribution in [-0.2, 0) is 0 Å². The van der Waals surface area contributed by atoms with Crippen molar-refractivity contribution in [3.63, 3.8) is 0 Å². The summed E-state index contributed by atoms with van der Waals surface area (Å²) in [6, 6.07) is 11.5. The zero-order chi connectivity index (χ0) is 18.7. The van der Waals surface area contributed by atoms with Crippen molar-refractivity contribution < 1.29 is 9.59 Å². The van der Waals surface area contributed by atoms with Crippen LogP contribution in [0, 0.1) is 0 Å². The lowest BCUT2D eigenvalue weighted by molar-refractivity contribution is 0.0664. The molecule has 26 heavy (non-hydrogen) atoms.